The van der Waals surface area contributed by atoms with Gasteiger partial charge in [0.05, 0.1) is 18.5 Å². The lowest BCUT2D eigenvalue weighted by atomic mass is 10.1. The highest BCUT2D eigenvalue weighted by Gasteiger charge is 2.28. The molecule has 0 fully saturated rings. The van der Waals surface area contributed by atoms with Gasteiger partial charge in [-0.3, -0.25) is 4.79 Å². The standard InChI is InChI=1S/C18H13F4N5O/c19-12-3-1-2-11-10(8-14(28)26-15(11)12)9-27-13(4-5-18(20,21)22)25-16-17(27)24-7-6-23-16/h1-3,6-8H,4-5,9H2,(H,26,28). The van der Waals surface area contributed by atoms with Crippen molar-refractivity contribution in [3.63, 3.8) is 0 Å². The zero-order chi connectivity index (χ0) is 19.9. The second-order valence-corrected chi connectivity index (χ2v) is 6.25. The third-order valence-corrected chi connectivity index (χ3v) is 4.34. The van der Waals surface area contributed by atoms with Gasteiger partial charge in [0.1, 0.15) is 11.6 Å². The van der Waals surface area contributed by atoms with E-state index < -0.39 is 24.0 Å². The number of fused-ring (bicyclic) bond motifs is 2. The van der Waals surface area contributed by atoms with Crippen LogP contribution in [-0.4, -0.2) is 30.7 Å². The number of pyridine rings is 1. The number of nitrogens with one attached hydrogen (secondary N) is 1. The zero-order valence-electron chi connectivity index (χ0n) is 14.3. The molecule has 0 radical (unpaired) electrons. The quantitative estimate of drug-likeness (QED) is 0.542. The first-order valence-electron chi connectivity index (χ1n) is 8.35. The number of aromatic nitrogens is 5. The van der Waals surface area contributed by atoms with Crippen LogP contribution in [0.3, 0.4) is 0 Å². The second-order valence-electron chi connectivity index (χ2n) is 6.25. The molecule has 0 saturated carbocycles. The molecule has 0 amide bonds. The minimum Gasteiger partial charge on any atom is -0.319 e. The largest absolute Gasteiger partial charge is 0.389 e. The van der Waals surface area contributed by atoms with E-state index in [0.717, 1.165) is 0 Å². The van der Waals surface area contributed by atoms with Crippen LogP contribution < -0.4 is 5.56 Å². The summed E-state index contributed by atoms with van der Waals surface area (Å²) in [5.74, 6) is -0.451. The van der Waals surface area contributed by atoms with Gasteiger partial charge in [0.25, 0.3) is 0 Å². The third-order valence-electron chi connectivity index (χ3n) is 4.34. The Balaban J connectivity index is 1.85. The molecule has 3 heterocycles. The minimum atomic E-state index is -4.34. The number of aromatic amines is 1. The van der Waals surface area contributed by atoms with Crippen molar-refractivity contribution in [2.45, 2.75) is 25.6 Å². The van der Waals surface area contributed by atoms with Gasteiger partial charge in [-0.15, -0.1) is 0 Å². The topological polar surface area (TPSA) is 76.5 Å². The van der Waals surface area contributed by atoms with Gasteiger partial charge in [-0.1, -0.05) is 12.1 Å². The molecule has 6 nitrogen and oxygen atoms in total. The Bertz CT molecular complexity index is 1230. The number of rotatable bonds is 4. The Hall–Kier alpha value is -3.30. The third kappa shape index (κ3) is 3.45. The van der Waals surface area contributed by atoms with Crippen LogP contribution in [-0.2, 0) is 13.0 Å². The maximum atomic E-state index is 14.1. The molecule has 0 aliphatic rings. The number of nitrogens with zero attached hydrogens (tertiary/aromatic N) is 4. The highest BCUT2D eigenvalue weighted by atomic mass is 19.4. The lowest BCUT2D eigenvalue weighted by Crippen LogP contribution is -2.14. The minimum absolute atomic E-state index is 0.00621. The molecule has 0 spiro atoms. The van der Waals surface area contributed by atoms with E-state index in [9.17, 15) is 22.4 Å². The number of aryl methyl sites for hydroxylation is 1. The second kappa shape index (κ2) is 6.70. The van der Waals surface area contributed by atoms with Gasteiger partial charge in [-0.2, -0.15) is 13.2 Å². The molecule has 0 aliphatic carbocycles. The molecule has 10 heteroatoms. The van der Waals surface area contributed by atoms with Gasteiger partial charge in [-0.05, 0) is 11.6 Å². The van der Waals surface area contributed by atoms with Crippen LogP contribution in [0.1, 0.15) is 17.8 Å². The Morgan fingerprint density at radius 1 is 1.14 bits per heavy atom. The highest BCUT2D eigenvalue weighted by molar-refractivity contribution is 5.82. The smallest absolute Gasteiger partial charge is 0.319 e. The summed E-state index contributed by atoms with van der Waals surface area (Å²) in [6.45, 7) is 0.00621. The monoisotopic (exact) mass is 391 g/mol. The van der Waals surface area contributed by atoms with Crippen molar-refractivity contribution in [1.29, 1.82) is 0 Å². The van der Waals surface area contributed by atoms with Crippen LogP contribution in [0, 0.1) is 5.82 Å². The predicted molar refractivity (Wildman–Crippen MR) is 93.3 cm³/mol. The van der Waals surface area contributed by atoms with Crippen LogP contribution >= 0.6 is 0 Å². The summed E-state index contributed by atoms with van der Waals surface area (Å²) in [6.07, 6.45) is -2.96. The van der Waals surface area contributed by atoms with E-state index in [4.69, 9.17) is 0 Å². The summed E-state index contributed by atoms with van der Waals surface area (Å²) in [5, 5.41) is 0.451. The van der Waals surface area contributed by atoms with Gasteiger partial charge < -0.3 is 9.55 Å². The molecule has 0 atom stereocenters. The summed E-state index contributed by atoms with van der Waals surface area (Å²) < 4.78 is 53.7. The SMILES string of the molecule is O=c1cc(Cn2c(CCC(F)(F)F)nc3nccnc32)c2cccc(F)c2[nH]1. The summed E-state index contributed by atoms with van der Waals surface area (Å²) in [5.41, 5.74) is 0.471. The van der Waals surface area contributed by atoms with E-state index in [-0.39, 0.29) is 30.0 Å². The number of para-hydroxylation sites is 1. The average Bonchev–Trinajstić information content (AvgIpc) is 2.98. The first-order chi connectivity index (χ1) is 13.3. The van der Waals surface area contributed by atoms with Crippen LogP contribution in [0.5, 0.6) is 0 Å². The van der Waals surface area contributed by atoms with Crippen molar-refractivity contribution in [1.82, 2.24) is 24.5 Å². The summed E-state index contributed by atoms with van der Waals surface area (Å²) >= 11 is 0. The molecule has 1 N–H and O–H groups in total. The van der Waals surface area contributed by atoms with Crippen molar-refractivity contribution >= 4 is 22.2 Å². The van der Waals surface area contributed by atoms with Gasteiger partial charge in [0.15, 0.2) is 11.3 Å². The molecule has 144 valence electrons. The molecule has 3 aromatic heterocycles. The Morgan fingerprint density at radius 3 is 2.71 bits per heavy atom. The van der Waals surface area contributed by atoms with Crippen molar-refractivity contribution < 1.29 is 17.6 Å². The Kier molecular flexibility index (Phi) is 4.33. The van der Waals surface area contributed by atoms with Crippen molar-refractivity contribution in [3.8, 4) is 0 Å². The molecular weight excluding hydrogens is 378 g/mol. The fourth-order valence-electron chi connectivity index (χ4n) is 3.12. The van der Waals surface area contributed by atoms with Gasteiger partial charge in [0, 0.05) is 30.3 Å². The number of benzene rings is 1. The normalized spacial score (nSPS) is 12.1. The number of hydrogen-bond donors (Lipinski definition) is 1. The van der Waals surface area contributed by atoms with Gasteiger partial charge in [-0.25, -0.2) is 19.3 Å². The molecular formula is C18H13F4N5O. The lowest BCUT2D eigenvalue weighted by Gasteiger charge is -2.12. The molecule has 1 aromatic carbocycles. The van der Waals surface area contributed by atoms with E-state index >= 15 is 0 Å². The van der Waals surface area contributed by atoms with E-state index in [1.807, 2.05) is 0 Å². The average molecular weight is 391 g/mol. The van der Waals surface area contributed by atoms with Gasteiger partial charge >= 0.3 is 6.18 Å². The van der Waals surface area contributed by atoms with Crippen LogP contribution in [0.25, 0.3) is 22.2 Å². The summed E-state index contributed by atoms with van der Waals surface area (Å²) in [4.78, 5) is 26.8. The number of hydrogen-bond acceptors (Lipinski definition) is 4. The summed E-state index contributed by atoms with van der Waals surface area (Å²) in [7, 11) is 0. The predicted octanol–water partition coefficient (Wildman–Crippen LogP) is 3.35. The first-order valence-corrected chi connectivity index (χ1v) is 8.35. The molecule has 28 heavy (non-hydrogen) atoms. The molecule has 4 rings (SSSR count). The fourth-order valence-corrected chi connectivity index (χ4v) is 3.12. The van der Waals surface area contributed by atoms with E-state index in [1.54, 1.807) is 6.07 Å². The molecule has 0 saturated heterocycles. The van der Waals surface area contributed by atoms with Crippen molar-refractivity contribution in [3.05, 3.63) is 64.2 Å². The first kappa shape index (κ1) is 18.1. The van der Waals surface area contributed by atoms with Crippen LogP contribution in [0.4, 0.5) is 17.6 Å². The van der Waals surface area contributed by atoms with Gasteiger partial charge in [0.2, 0.25) is 5.56 Å². The van der Waals surface area contributed by atoms with Crippen molar-refractivity contribution in [2.24, 2.45) is 0 Å². The van der Waals surface area contributed by atoms with Crippen molar-refractivity contribution in [2.75, 3.05) is 0 Å². The Morgan fingerprint density at radius 2 is 1.93 bits per heavy atom. The number of imidazole rings is 1. The Labute approximate surface area is 154 Å². The van der Waals surface area contributed by atoms with E-state index in [0.29, 0.717) is 16.6 Å². The summed E-state index contributed by atoms with van der Waals surface area (Å²) in [6, 6.07) is 5.63. The highest BCUT2D eigenvalue weighted by Crippen LogP contribution is 2.25. The van der Waals surface area contributed by atoms with E-state index in [1.165, 1.54) is 35.2 Å². The fraction of sp³-hybridized carbons (Fsp3) is 0.222. The molecule has 0 aliphatic heterocycles. The van der Waals surface area contributed by atoms with Crippen LogP contribution in [0.15, 0.2) is 41.5 Å². The lowest BCUT2D eigenvalue weighted by molar-refractivity contribution is -0.134. The zero-order valence-corrected chi connectivity index (χ0v) is 14.3. The number of alkyl halides is 3. The van der Waals surface area contributed by atoms with Crippen LogP contribution in [0.2, 0.25) is 0 Å². The van der Waals surface area contributed by atoms with E-state index in [2.05, 4.69) is 19.9 Å². The molecule has 4 aromatic rings. The number of H-pyrrole nitrogens is 1. The molecule has 0 unspecified atom stereocenters. The maximum absolute atomic E-state index is 14.1. The maximum Gasteiger partial charge on any atom is 0.389 e. The molecule has 0 bridgehead atoms. The number of halogens is 4.